The summed E-state index contributed by atoms with van der Waals surface area (Å²) in [5.74, 6) is 0.217. The van der Waals surface area contributed by atoms with E-state index in [4.69, 9.17) is 0 Å². The Balaban J connectivity index is 1.77. The van der Waals surface area contributed by atoms with Crippen LogP contribution in [0.3, 0.4) is 0 Å². The zero-order valence-electron chi connectivity index (χ0n) is 11.6. The zero-order valence-corrected chi connectivity index (χ0v) is 12.4. The van der Waals surface area contributed by atoms with Gasteiger partial charge >= 0.3 is 4.87 Å². The first-order valence-corrected chi connectivity index (χ1v) is 7.57. The molecule has 1 fully saturated rings. The molecule has 5 nitrogen and oxygen atoms in total. The Morgan fingerprint density at radius 2 is 2.00 bits per heavy atom. The number of piperazine rings is 1. The molecule has 0 radical (unpaired) electrons. The summed E-state index contributed by atoms with van der Waals surface area (Å²) in [5, 5.41) is 1.87. The van der Waals surface area contributed by atoms with Crippen molar-refractivity contribution in [3.8, 4) is 0 Å². The lowest BCUT2D eigenvalue weighted by Crippen LogP contribution is -2.47. The van der Waals surface area contributed by atoms with Gasteiger partial charge in [0, 0.05) is 50.2 Å². The maximum Gasteiger partial charge on any atom is 0.307 e. The molecule has 0 bridgehead atoms. The van der Waals surface area contributed by atoms with Crippen LogP contribution in [0.2, 0.25) is 0 Å². The average Bonchev–Trinajstić information content (AvgIpc) is 2.71. The molecule has 0 saturated carbocycles. The SMILES string of the molecule is Cc1csc(=O)n1CCCC(=O)N1CCN(C)CC1. The monoisotopic (exact) mass is 283 g/mol. The van der Waals surface area contributed by atoms with Crippen LogP contribution in [0.4, 0.5) is 0 Å². The molecule has 1 amide bonds. The second-order valence-electron chi connectivity index (χ2n) is 5.08. The molecule has 1 aliphatic rings. The van der Waals surface area contributed by atoms with Crippen molar-refractivity contribution in [3.63, 3.8) is 0 Å². The van der Waals surface area contributed by atoms with Crippen molar-refractivity contribution in [2.24, 2.45) is 0 Å². The summed E-state index contributed by atoms with van der Waals surface area (Å²) in [6.07, 6.45) is 1.27. The number of rotatable bonds is 4. The van der Waals surface area contributed by atoms with Crippen LogP contribution in [-0.4, -0.2) is 53.5 Å². The van der Waals surface area contributed by atoms with Crippen molar-refractivity contribution < 1.29 is 4.79 Å². The molecule has 2 heterocycles. The number of amides is 1. The van der Waals surface area contributed by atoms with Gasteiger partial charge in [0.05, 0.1) is 0 Å². The molecule has 0 atom stereocenters. The highest BCUT2D eigenvalue weighted by Gasteiger charge is 2.18. The van der Waals surface area contributed by atoms with Gasteiger partial charge in [-0.2, -0.15) is 0 Å². The van der Waals surface area contributed by atoms with Crippen LogP contribution >= 0.6 is 11.3 Å². The van der Waals surface area contributed by atoms with Crippen LogP contribution in [0, 0.1) is 6.92 Å². The third kappa shape index (κ3) is 3.67. The minimum atomic E-state index is 0.0737. The van der Waals surface area contributed by atoms with Gasteiger partial charge in [-0.3, -0.25) is 9.59 Å². The molecule has 0 spiro atoms. The number of aryl methyl sites for hydroxylation is 1. The number of thiazole rings is 1. The normalized spacial score (nSPS) is 16.8. The first-order valence-electron chi connectivity index (χ1n) is 6.69. The third-order valence-electron chi connectivity index (χ3n) is 3.60. The van der Waals surface area contributed by atoms with E-state index in [1.54, 1.807) is 4.57 Å². The van der Waals surface area contributed by atoms with E-state index in [9.17, 15) is 9.59 Å². The van der Waals surface area contributed by atoms with Crippen LogP contribution in [0.5, 0.6) is 0 Å². The van der Waals surface area contributed by atoms with E-state index < -0.39 is 0 Å². The largest absolute Gasteiger partial charge is 0.340 e. The molecule has 1 aliphatic heterocycles. The number of aromatic nitrogens is 1. The highest BCUT2D eigenvalue weighted by atomic mass is 32.1. The highest BCUT2D eigenvalue weighted by molar-refractivity contribution is 7.07. The van der Waals surface area contributed by atoms with Gasteiger partial charge in [0.2, 0.25) is 5.91 Å². The molecule has 1 saturated heterocycles. The van der Waals surface area contributed by atoms with Gasteiger partial charge < -0.3 is 14.4 Å². The maximum atomic E-state index is 12.0. The fourth-order valence-corrected chi connectivity index (χ4v) is 3.04. The smallest absolute Gasteiger partial charge is 0.307 e. The van der Waals surface area contributed by atoms with Crippen LogP contribution in [0.25, 0.3) is 0 Å². The van der Waals surface area contributed by atoms with Crippen molar-refractivity contribution in [1.82, 2.24) is 14.4 Å². The number of nitrogens with zero attached hydrogens (tertiary/aromatic N) is 3. The Morgan fingerprint density at radius 3 is 2.58 bits per heavy atom. The molecule has 2 rings (SSSR count). The third-order valence-corrected chi connectivity index (χ3v) is 4.49. The zero-order chi connectivity index (χ0) is 13.8. The van der Waals surface area contributed by atoms with Crippen LogP contribution in [-0.2, 0) is 11.3 Å². The summed E-state index contributed by atoms with van der Waals surface area (Å²) in [5.41, 5.74) is 0.988. The molecular weight excluding hydrogens is 262 g/mol. The van der Waals surface area contributed by atoms with Crippen LogP contribution < -0.4 is 4.87 Å². The van der Waals surface area contributed by atoms with Gasteiger partial charge in [0.1, 0.15) is 0 Å². The molecule has 6 heteroatoms. The molecule has 1 aromatic rings. The first-order chi connectivity index (χ1) is 9.08. The molecule has 0 N–H and O–H groups in total. The highest BCUT2D eigenvalue weighted by Crippen LogP contribution is 2.06. The lowest BCUT2D eigenvalue weighted by molar-refractivity contribution is -0.132. The molecule has 1 aromatic heterocycles. The van der Waals surface area contributed by atoms with Gasteiger partial charge in [-0.1, -0.05) is 11.3 Å². The van der Waals surface area contributed by atoms with E-state index in [1.807, 2.05) is 17.2 Å². The second-order valence-corrected chi connectivity index (χ2v) is 5.90. The summed E-state index contributed by atoms with van der Waals surface area (Å²) in [6.45, 7) is 6.14. The Kier molecular flexibility index (Phi) is 4.76. The summed E-state index contributed by atoms with van der Waals surface area (Å²) >= 11 is 1.22. The Hall–Kier alpha value is -1.14. The first kappa shape index (κ1) is 14.3. The number of hydrogen-bond acceptors (Lipinski definition) is 4. The number of carbonyl (C=O) groups excluding carboxylic acids is 1. The van der Waals surface area contributed by atoms with Crippen LogP contribution in [0.15, 0.2) is 10.2 Å². The average molecular weight is 283 g/mol. The number of carbonyl (C=O) groups is 1. The number of hydrogen-bond donors (Lipinski definition) is 0. The van der Waals surface area contributed by atoms with Gasteiger partial charge in [0.25, 0.3) is 0 Å². The standard InChI is InChI=1S/C13H21N3O2S/c1-11-10-19-13(18)16(11)5-3-4-12(17)15-8-6-14(2)7-9-15/h10H,3-9H2,1-2H3. The second kappa shape index (κ2) is 6.34. The summed E-state index contributed by atoms with van der Waals surface area (Å²) in [7, 11) is 2.08. The quantitative estimate of drug-likeness (QED) is 0.820. The van der Waals surface area contributed by atoms with Crippen molar-refractivity contribution >= 4 is 17.2 Å². The summed E-state index contributed by atoms with van der Waals surface area (Å²) in [4.78, 5) is 27.8. The minimum Gasteiger partial charge on any atom is -0.340 e. The Morgan fingerprint density at radius 1 is 1.32 bits per heavy atom. The van der Waals surface area contributed by atoms with E-state index in [2.05, 4.69) is 11.9 Å². The number of likely N-dealkylation sites (N-methyl/N-ethyl adjacent to an activating group) is 1. The van der Waals surface area contributed by atoms with E-state index >= 15 is 0 Å². The van der Waals surface area contributed by atoms with Gasteiger partial charge in [0.15, 0.2) is 0 Å². The van der Waals surface area contributed by atoms with E-state index in [-0.39, 0.29) is 10.8 Å². The summed E-state index contributed by atoms with van der Waals surface area (Å²) < 4.78 is 1.75. The minimum absolute atomic E-state index is 0.0737. The predicted molar refractivity (Wildman–Crippen MR) is 76.6 cm³/mol. The van der Waals surface area contributed by atoms with Gasteiger partial charge in [-0.15, -0.1) is 0 Å². The molecule has 19 heavy (non-hydrogen) atoms. The molecule has 0 unspecified atom stereocenters. The fourth-order valence-electron chi connectivity index (χ4n) is 2.28. The van der Waals surface area contributed by atoms with E-state index in [1.165, 1.54) is 11.3 Å². The van der Waals surface area contributed by atoms with Gasteiger partial charge in [-0.05, 0) is 20.4 Å². The predicted octanol–water partition coefficient (Wildman–Crippen LogP) is 0.772. The fraction of sp³-hybridized carbons (Fsp3) is 0.692. The van der Waals surface area contributed by atoms with Gasteiger partial charge in [-0.25, -0.2) is 0 Å². The maximum absolute atomic E-state index is 12.0. The van der Waals surface area contributed by atoms with Crippen molar-refractivity contribution in [3.05, 3.63) is 20.7 Å². The van der Waals surface area contributed by atoms with E-state index in [0.717, 1.165) is 38.3 Å². The molecule has 106 valence electrons. The van der Waals surface area contributed by atoms with Crippen molar-refractivity contribution in [1.29, 1.82) is 0 Å². The molecular formula is C13H21N3O2S. The van der Waals surface area contributed by atoms with Crippen molar-refractivity contribution in [2.75, 3.05) is 33.2 Å². The van der Waals surface area contributed by atoms with Crippen molar-refractivity contribution in [2.45, 2.75) is 26.3 Å². The molecule has 0 aliphatic carbocycles. The summed E-state index contributed by atoms with van der Waals surface area (Å²) in [6, 6.07) is 0. The lowest BCUT2D eigenvalue weighted by atomic mass is 10.2. The molecule has 0 aromatic carbocycles. The topological polar surface area (TPSA) is 45.6 Å². The van der Waals surface area contributed by atoms with E-state index in [0.29, 0.717) is 13.0 Å². The lowest BCUT2D eigenvalue weighted by Gasteiger charge is -2.32. The van der Waals surface area contributed by atoms with Crippen LogP contribution in [0.1, 0.15) is 18.5 Å². The Bertz CT molecular complexity index is 486. The Labute approximate surface area is 117 Å².